The van der Waals surface area contributed by atoms with Crippen LogP contribution in [-0.4, -0.2) is 28.9 Å². The number of carbonyl (C=O) groups is 1. The highest BCUT2D eigenvalue weighted by molar-refractivity contribution is 5.91. The molecule has 1 saturated heterocycles. The lowest BCUT2D eigenvalue weighted by Crippen LogP contribution is -2.26. The number of amides is 1. The topological polar surface area (TPSA) is 58.4 Å². The van der Waals surface area contributed by atoms with E-state index in [4.69, 9.17) is 4.42 Å². The molecular formula is C17H21N3O2. The summed E-state index contributed by atoms with van der Waals surface area (Å²) in [5.74, 6) is 1.04. The SMILES string of the molecule is C[C@H](NC(=O)c1ccc(CN2CCCC2)o1)c1ccncc1. The van der Waals surface area contributed by atoms with Crippen LogP contribution in [0, 0.1) is 0 Å². The van der Waals surface area contributed by atoms with Crippen LogP contribution in [0.1, 0.15) is 47.7 Å². The van der Waals surface area contributed by atoms with Crippen molar-refractivity contribution in [1.82, 2.24) is 15.2 Å². The van der Waals surface area contributed by atoms with Gasteiger partial charge >= 0.3 is 0 Å². The number of pyridine rings is 1. The maximum Gasteiger partial charge on any atom is 0.287 e. The minimum Gasteiger partial charge on any atom is -0.455 e. The fraction of sp³-hybridized carbons (Fsp3) is 0.412. The van der Waals surface area contributed by atoms with Crippen molar-refractivity contribution in [3.05, 3.63) is 53.7 Å². The van der Waals surface area contributed by atoms with Crippen molar-refractivity contribution in [2.45, 2.75) is 32.4 Å². The molecule has 0 saturated carbocycles. The highest BCUT2D eigenvalue weighted by Crippen LogP contribution is 2.16. The summed E-state index contributed by atoms with van der Waals surface area (Å²) in [6, 6.07) is 7.35. The van der Waals surface area contributed by atoms with Crippen molar-refractivity contribution < 1.29 is 9.21 Å². The summed E-state index contributed by atoms with van der Waals surface area (Å²) in [4.78, 5) is 18.6. The van der Waals surface area contributed by atoms with E-state index in [-0.39, 0.29) is 11.9 Å². The predicted octanol–water partition coefficient (Wildman–Crippen LogP) is 2.76. The fourth-order valence-corrected chi connectivity index (χ4v) is 2.75. The van der Waals surface area contributed by atoms with E-state index in [9.17, 15) is 4.79 Å². The molecule has 0 aliphatic carbocycles. The molecule has 3 heterocycles. The van der Waals surface area contributed by atoms with Gasteiger partial charge in [0.05, 0.1) is 12.6 Å². The molecule has 0 spiro atoms. The summed E-state index contributed by atoms with van der Waals surface area (Å²) < 4.78 is 5.68. The quantitative estimate of drug-likeness (QED) is 0.922. The molecule has 0 radical (unpaired) electrons. The third-order valence-corrected chi connectivity index (χ3v) is 4.02. The molecule has 0 unspecified atom stereocenters. The molecule has 5 heteroatoms. The van der Waals surface area contributed by atoms with E-state index >= 15 is 0 Å². The Morgan fingerprint density at radius 3 is 2.73 bits per heavy atom. The number of likely N-dealkylation sites (tertiary alicyclic amines) is 1. The first kappa shape index (κ1) is 14.8. The molecule has 116 valence electrons. The van der Waals surface area contributed by atoms with Gasteiger partial charge in [0.15, 0.2) is 5.76 Å². The second-order valence-corrected chi connectivity index (χ2v) is 5.72. The predicted molar refractivity (Wildman–Crippen MR) is 83.3 cm³/mol. The first-order chi connectivity index (χ1) is 10.7. The maximum atomic E-state index is 12.2. The summed E-state index contributed by atoms with van der Waals surface area (Å²) in [6.07, 6.45) is 5.94. The summed E-state index contributed by atoms with van der Waals surface area (Å²) in [5, 5.41) is 2.95. The van der Waals surface area contributed by atoms with E-state index in [1.54, 1.807) is 18.5 Å². The summed E-state index contributed by atoms with van der Waals surface area (Å²) >= 11 is 0. The Balaban J connectivity index is 1.59. The van der Waals surface area contributed by atoms with E-state index in [0.29, 0.717) is 5.76 Å². The number of hydrogen-bond donors (Lipinski definition) is 1. The van der Waals surface area contributed by atoms with Gasteiger partial charge in [-0.15, -0.1) is 0 Å². The zero-order valence-corrected chi connectivity index (χ0v) is 12.8. The average Bonchev–Trinajstić information content (AvgIpc) is 3.20. The molecule has 1 atom stereocenters. The van der Waals surface area contributed by atoms with Crippen molar-refractivity contribution in [3.63, 3.8) is 0 Å². The second kappa shape index (κ2) is 6.75. The van der Waals surface area contributed by atoms with Crippen molar-refractivity contribution in [3.8, 4) is 0 Å². The Morgan fingerprint density at radius 2 is 2.00 bits per heavy atom. The molecule has 1 aliphatic rings. The van der Waals surface area contributed by atoms with Gasteiger partial charge in [0.1, 0.15) is 5.76 Å². The summed E-state index contributed by atoms with van der Waals surface area (Å²) in [7, 11) is 0. The number of aromatic nitrogens is 1. The van der Waals surface area contributed by atoms with Gasteiger partial charge in [-0.25, -0.2) is 0 Å². The Morgan fingerprint density at radius 1 is 1.27 bits per heavy atom. The number of furan rings is 1. The Kier molecular flexibility index (Phi) is 4.53. The van der Waals surface area contributed by atoms with Gasteiger partial charge in [-0.05, 0) is 62.7 Å². The first-order valence-electron chi connectivity index (χ1n) is 7.74. The number of nitrogens with one attached hydrogen (secondary N) is 1. The zero-order valence-electron chi connectivity index (χ0n) is 12.8. The van der Waals surface area contributed by atoms with E-state index in [1.807, 2.05) is 25.1 Å². The molecule has 0 aromatic carbocycles. The number of rotatable bonds is 5. The van der Waals surface area contributed by atoms with Crippen LogP contribution in [0.2, 0.25) is 0 Å². The van der Waals surface area contributed by atoms with Crippen molar-refractivity contribution in [2.24, 2.45) is 0 Å². The minimum atomic E-state index is -0.183. The minimum absolute atomic E-state index is 0.0809. The van der Waals surface area contributed by atoms with E-state index in [1.165, 1.54) is 12.8 Å². The third kappa shape index (κ3) is 3.54. The van der Waals surface area contributed by atoms with Crippen LogP contribution >= 0.6 is 0 Å². The van der Waals surface area contributed by atoms with Gasteiger partial charge in [-0.1, -0.05) is 0 Å². The molecule has 22 heavy (non-hydrogen) atoms. The van der Waals surface area contributed by atoms with Gasteiger partial charge in [0.25, 0.3) is 5.91 Å². The van der Waals surface area contributed by atoms with Crippen LogP contribution in [0.4, 0.5) is 0 Å². The lowest BCUT2D eigenvalue weighted by Gasteiger charge is -2.13. The van der Waals surface area contributed by atoms with Crippen LogP contribution < -0.4 is 5.32 Å². The van der Waals surface area contributed by atoms with Crippen LogP contribution in [0.3, 0.4) is 0 Å². The molecule has 1 aliphatic heterocycles. The van der Waals surface area contributed by atoms with Gasteiger partial charge in [0, 0.05) is 12.4 Å². The normalized spacial score (nSPS) is 16.6. The molecule has 3 rings (SSSR count). The number of hydrogen-bond acceptors (Lipinski definition) is 4. The first-order valence-corrected chi connectivity index (χ1v) is 7.74. The lowest BCUT2D eigenvalue weighted by molar-refractivity contribution is 0.0908. The highest BCUT2D eigenvalue weighted by Gasteiger charge is 2.17. The van der Waals surface area contributed by atoms with Crippen molar-refractivity contribution in [2.75, 3.05) is 13.1 Å². The summed E-state index contributed by atoms with van der Waals surface area (Å²) in [5.41, 5.74) is 1.02. The third-order valence-electron chi connectivity index (χ3n) is 4.02. The van der Waals surface area contributed by atoms with Crippen molar-refractivity contribution >= 4 is 5.91 Å². The van der Waals surface area contributed by atoms with Crippen LogP contribution in [0.15, 0.2) is 41.1 Å². The number of nitrogens with zero attached hydrogens (tertiary/aromatic N) is 2. The standard InChI is InChI=1S/C17H21N3O2/c1-13(14-6-8-18-9-7-14)19-17(21)16-5-4-15(22-16)12-20-10-2-3-11-20/h4-9,13H,2-3,10-12H2,1H3,(H,19,21)/t13-/m0/s1. The van der Waals surface area contributed by atoms with E-state index < -0.39 is 0 Å². The Bertz CT molecular complexity index is 618. The van der Waals surface area contributed by atoms with Crippen LogP contribution in [-0.2, 0) is 6.54 Å². The number of carbonyl (C=O) groups excluding carboxylic acids is 1. The molecule has 1 N–H and O–H groups in total. The second-order valence-electron chi connectivity index (χ2n) is 5.72. The van der Waals surface area contributed by atoms with Crippen LogP contribution in [0.5, 0.6) is 0 Å². The molecule has 1 amide bonds. The van der Waals surface area contributed by atoms with Gasteiger partial charge in [0.2, 0.25) is 0 Å². The molecule has 0 bridgehead atoms. The van der Waals surface area contributed by atoms with Crippen molar-refractivity contribution in [1.29, 1.82) is 0 Å². The smallest absolute Gasteiger partial charge is 0.287 e. The molecule has 5 nitrogen and oxygen atoms in total. The Hall–Kier alpha value is -2.14. The molecular weight excluding hydrogens is 278 g/mol. The monoisotopic (exact) mass is 299 g/mol. The largest absolute Gasteiger partial charge is 0.455 e. The lowest BCUT2D eigenvalue weighted by atomic mass is 10.1. The molecule has 2 aromatic heterocycles. The summed E-state index contributed by atoms with van der Waals surface area (Å²) in [6.45, 7) is 4.96. The van der Waals surface area contributed by atoms with Gasteiger partial charge in [-0.2, -0.15) is 0 Å². The average molecular weight is 299 g/mol. The van der Waals surface area contributed by atoms with Crippen LogP contribution in [0.25, 0.3) is 0 Å². The fourth-order valence-electron chi connectivity index (χ4n) is 2.75. The van der Waals surface area contributed by atoms with E-state index in [0.717, 1.165) is 31.0 Å². The van der Waals surface area contributed by atoms with Gasteiger partial charge < -0.3 is 9.73 Å². The highest BCUT2D eigenvalue weighted by atomic mass is 16.4. The zero-order chi connectivity index (χ0) is 15.4. The van der Waals surface area contributed by atoms with Gasteiger partial charge in [-0.3, -0.25) is 14.7 Å². The maximum absolute atomic E-state index is 12.2. The van der Waals surface area contributed by atoms with E-state index in [2.05, 4.69) is 15.2 Å². The molecule has 2 aromatic rings. The molecule has 1 fully saturated rings. The Labute approximate surface area is 130 Å².